The first-order valence-electron chi connectivity index (χ1n) is 4.42. The molecule has 0 bridgehead atoms. The van der Waals surface area contributed by atoms with Crippen LogP contribution in [0.5, 0.6) is 0 Å². The molecule has 0 fully saturated rings. The summed E-state index contributed by atoms with van der Waals surface area (Å²) in [7, 11) is 0. The lowest BCUT2D eigenvalue weighted by atomic mass is 9.87. The van der Waals surface area contributed by atoms with Crippen LogP contribution in [0.4, 0.5) is 0 Å². The third-order valence-electron chi connectivity index (χ3n) is 2.16. The lowest BCUT2D eigenvalue weighted by molar-refractivity contribution is 0.0251. The van der Waals surface area contributed by atoms with Crippen molar-refractivity contribution in [1.82, 2.24) is 0 Å². The Morgan fingerprint density at radius 1 is 1.25 bits per heavy atom. The first-order chi connectivity index (χ1) is 5.13. The molecule has 0 aliphatic heterocycles. The molecule has 0 aromatic heterocycles. The van der Waals surface area contributed by atoms with Crippen molar-refractivity contribution in [3.8, 4) is 0 Å². The molecule has 2 heteroatoms. The largest absolute Gasteiger partial charge is 0.394 e. The van der Waals surface area contributed by atoms with Crippen LogP contribution in [0, 0.1) is 11.8 Å². The zero-order chi connectivity index (χ0) is 8.85. The Hall–Kier alpha value is -0.0800. The molecule has 0 saturated heterocycles. The number of hydrogen-bond donors (Lipinski definition) is 2. The first-order valence-corrected chi connectivity index (χ1v) is 4.42. The maximum Gasteiger partial charge on any atom is 0.0801 e. The zero-order valence-electron chi connectivity index (χ0n) is 7.75. The summed E-state index contributed by atoms with van der Waals surface area (Å²) in [6.07, 6.45) is 1.54. The molecule has 76 valence electrons. The van der Waals surface area contributed by atoms with Crippen LogP contribution in [0.3, 0.4) is 0 Å². The van der Waals surface area contributed by atoms with Gasteiger partial charge in [0.25, 0.3) is 0 Å². The van der Waals surface area contributed by atoms with E-state index < -0.39 is 6.10 Å². The third kappa shape index (κ3) is 4.73. The van der Waals surface area contributed by atoms with Gasteiger partial charge in [0.2, 0.25) is 0 Å². The normalized spacial score (nSPS) is 15.5. The van der Waals surface area contributed by atoms with Crippen LogP contribution in [-0.4, -0.2) is 22.9 Å². The number of hydrogen-bond acceptors (Lipinski definition) is 2. The van der Waals surface area contributed by atoms with Crippen molar-refractivity contribution in [2.24, 2.45) is 11.8 Å². The standard InChI is InChI=1S/C9H20O2.CH4/c1-4-5-8(7(2)3)9(11)6-10;/h7-11H,4-6H2,1-3H3;1H4/t8-,9+;/m1./s1. The van der Waals surface area contributed by atoms with Crippen LogP contribution in [0.15, 0.2) is 0 Å². The summed E-state index contributed by atoms with van der Waals surface area (Å²) in [6, 6.07) is 0. The molecule has 0 radical (unpaired) electrons. The predicted molar refractivity (Wildman–Crippen MR) is 53.1 cm³/mol. The highest BCUT2D eigenvalue weighted by Gasteiger charge is 2.20. The van der Waals surface area contributed by atoms with Crippen molar-refractivity contribution < 1.29 is 10.2 Å². The second-order valence-electron chi connectivity index (χ2n) is 3.45. The van der Waals surface area contributed by atoms with Crippen LogP contribution in [0.2, 0.25) is 0 Å². The van der Waals surface area contributed by atoms with Crippen molar-refractivity contribution >= 4 is 0 Å². The van der Waals surface area contributed by atoms with Crippen LogP contribution < -0.4 is 0 Å². The third-order valence-corrected chi connectivity index (χ3v) is 2.16. The fourth-order valence-electron chi connectivity index (χ4n) is 1.44. The molecule has 0 heterocycles. The minimum atomic E-state index is -0.532. The highest BCUT2D eigenvalue weighted by molar-refractivity contribution is 4.70. The fourth-order valence-corrected chi connectivity index (χ4v) is 1.44. The summed E-state index contributed by atoms with van der Waals surface area (Å²) in [5.74, 6) is 0.710. The SMILES string of the molecule is C.CCC[C@H](C(C)C)[C@@H](O)CO. The second kappa shape index (κ2) is 7.56. The van der Waals surface area contributed by atoms with Crippen LogP contribution in [0.25, 0.3) is 0 Å². The maximum atomic E-state index is 9.37. The van der Waals surface area contributed by atoms with Crippen LogP contribution in [0.1, 0.15) is 41.0 Å². The number of aliphatic hydroxyl groups is 2. The van der Waals surface area contributed by atoms with Gasteiger partial charge in [-0.2, -0.15) is 0 Å². The van der Waals surface area contributed by atoms with Gasteiger partial charge in [0.1, 0.15) is 0 Å². The van der Waals surface area contributed by atoms with E-state index in [9.17, 15) is 5.11 Å². The summed E-state index contributed by atoms with van der Waals surface area (Å²) < 4.78 is 0. The Morgan fingerprint density at radius 2 is 1.75 bits per heavy atom. The van der Waals surface area contributed by atoms with Crippen molar-refractivity contribution in [3.63, 3.8) is 0 Å². The van der Waals surface area contributed by atoms with Gasteiger partial charge in [-0.15, -0.1) is 0 Å². The first kappa shape index (κ1) is 14.4. The predicted octanol–water partition coefficient (Wildman–Crippen LogP) is 2.05. The molecule has 2 nitrogen and oxygen atoms in total. The van der Waals surface area contributed by atoms with E-state index in [-0.39, 0.29) is 20.0 Å². The molecule has 0 aromatic rings. The lowest BCUT2D eigenvalue weighted by Crippen LogP contribution is -2.28. The van der Waals surface area contributed by atoms with Gasteiger partial charge in [-0.05, 0) is 18.3 Å². The molecule has 0 aliphatic carbocycles. The average molecular weight is 176 g/mol. The Bertz CT molecular complexity index is 91.8. The molecule has 0 rings (SSSR count). The monoisotopic (exact) mass is 176 g/mol. The molecule has 2 atom stereocenters. The van der Waals surface area contributed by atoms with Gasteiger partial charge < -0.3 is 10.2 Å². The van der Waals surface area contributed by atoms with Crippen molar-refractivity contribution in [3.05, 3.63) is 0 Å². The fraction of sp³-hybridized carbons (Fsp3) is 1.00. The molecule has 0 saturated carbocycles. The maximum absolute atomic E-state index is 9.37. The Balaban J connectivity index is 0. The Morgan fingerprint density at radius 3 is 2.00 bits per heavy atom. The smallest absolute Gasteiger partial charge is 0.0801 e. The van der Waals surface area contributed by atoms with Crippen molar-refractivity contribution in [2.75, 3.05) is 6.61 Å². The topological polar surface area (TPSA) is 40.5 Å². The van der Waals surface area contributed by atoms with E-state index in [2.05, 4.69) is 20.8 Å². The minimum Gasteiger partial charge on any atom is -0.394 e. The van der Waals surface area contributed by atoms with Crippen LogP contribution in [-0.2, 0) is 0 Å². The van der Waals surface area contributed by atoms with Gasteiger partial charge in [0, 0.05) is 0 Å². The van der Waals surface area contributed by atoms with E-state index in [0.717, 1.165) is 12.8 Å². The molecule has 0 spiro atoms. The highest BCUT2D eigenvalue weighted by Crippen LogP contribution is 2.20. The summed E-state index contributed by atoms with van der Waals surface area (Å²) in [5, 5.41) is 18.1. The van der Waals surface area contributed by atoms with Crippen molar-refractivity contribution in [1.29, 1.82) is 0 Å². The van der Waals surface area contributed by atoms with Gasteiger partial charge in [0.15, 0.2) is 0 Å². The average Bonchev–Trinajstić information content (AvgIpc) is 1.98. The molecule has 0 aromatic carbocycles. The zero-order valence-corrected chi connectivity index (χ0v) is 7.75. The highest BCUT2D eigenvalue weighted by atomic mass is 16.3. The molecular formula is C10H24O2. The van der Waals surface area contributed by atoms with E-state index in [1.54, 1.807) is 0 Å². The molecule has 0 aliphatic rings. The Labute approximate surface area is 76.6 Å². The molecular weight excluding hydrogens is 152 g/mol. The van der Waals surface area contributed by atoms with Gasteiger partial charge in [0.05, 0.1) is 12.7 Å². The Kier molecular flexibility index (Phi) is 9.10. The summed E-state index contributed by atoms with van der Waals surface area (Å²) in [4.78, 5) is 0. The van der Waals surface area contributed by atoms with E-state index in [1.165, 1.54) is 0 Å². The second-order valence-corrected chi connectivity index (χ2v) is 3.45. The molecule has 0 unspecified atom stereocenters. The van der Waals surface area contributed by atoms with Gasteiger partial charge >= 0.3 is 0 Å². The lowest BCUT2D eigenvalue weighted by Gasteiger charge is -2.24. The number of rotatable bonds is 5. The van der Waals surface area contributed by atoms with Crippen molar-refractivity contribution in [2.45, 2.75) is 47.1 Å². The van der Waals surface area contributed by atoms with E-state index in [4.69, 9.17) is 5.11 Å². The van der Waals surface area contributed by atoms with E-state index >= 15 is 0 Å². The molecule has 2 N–H and O–H groups in total. The van der Waals surface area contributed by atoms with Gasteiger partial charge in [-0.1, -0.05) is 34.6 Å². The van der Waals surface area contributed by atoms with Crippen LogP contribution >= 0.6 is 0 Å². The molecule has 0 amide bonds. The number of aliphatic hydroxyl groups excluding tert-OH is 2. The van der Waals surface area contributed by atoms with E-state index in [1.807, 2.05) is 0 Å². The van der Waals surface area contributed by atoms with Gasteiger partial charge in [-0.3, -0.25) is 0 Å². The summed E-state index contributed by atoms with van der Waals surface area (Å²) >= 11 is 0. The van der Waals surface area contributed by atoms with E-state index in [0.29, 0.717) is 5.92 Å². The molecule has 12 heavy (non-hydrogen) atoms. The quantitative estimate of drug-likeness (QED) is 0.673. The summed E-state index contributed by atoms with van der Waals surface area (Å²) in [5.41, 5.74) is 0. The minimum absolute atomic E-state index is 0. The summed E-state index contributed by atoms with van der Waals surface area (Å²) in [6.45, 7) is 6.15. The van der Waals surface area contributed by atoms with Gasteiger partial charge in [-0.25, -0.2) is 0 Å².